The van der Waals surface area contributed by atoms with Gasteiger partial charge in [0.2, 0.25) is 17.6 Å². The van der Waals surface area contributed by atoms with Crippen molar-refractivity contribution in [1.82, 2.24) is 15.0 Å². The molecule has 2 aliphatic carbocycles. The second-order valence-corrected chi connectivity index (χ2v) is 7.20. The lowest BCUT2D eigenvalue weighted by atomic mass is 9.78. The Morgan fingerprint density at radius 1 is 1.28 bits per heavy atom. The number of hydrogen-bond acceptors (Lipinski definition) is 4. The van der Waals surface area contributed by atoms with Crippen LogP contribution >= 0.6 is 0 Å². The van der Waals surface area contributed by atoms with Crippen molar-refractivity contribution in [2.75, 3.05) is 13.6 Å². The second kappa shape index (κ2) is 6.24. The molecule has 0 unspecified atom stereocenters. The Hall–Kier alpha value is -2.24. The summed E-state index contributed by atoms with van der Waals surface area (Å²) in [7, 11) is 1.85. The van der Waals surface area contributed by atoms with Gasteiger partial charge in [0.15, 0.2) is 0 Å². The normalized spacial score (nSPS) is 27.6. The molecule has 2 aliphatic rings. The minimum Gasteiger partial charge on any atom is -0.346 e. The number of halogens is 1. The maximum atomic E-state index is 13.1. The first-order valence-corrected chi connectivity index (χ1v) is 8.93. The van der Waals surface area contributed by atoms with Crippen molar-refractivity contribution in [1.29, 1.82) is 0 Å². The average Bonchev–Trinajstić information content (AvgIpc) is 3.36. The summed E-state index contributed by atoms with van der Waals surface area (Å²) in [5, 5.41) is 4.07. The van der Waals surface area contributed by atoms with Crippen LogP contribution in [-0.2, 0) is 4.79 Å². The van der Waals surface area contributed by atoms with Gasteiger partial charge in [0.05, 0.1) is 11.8 Å². The van der Waals surface area contributed by atoms with Gasteiger partial charge in [-0.2, -0.15) is 4.98 Å². The van der Waals surface area contributed by atoms with E-state index in [4.69, 9.17) is 4.52 Å². The van der Waals surface area contributed by atoms with E-state index in [0.29, 0.717) is 35.7 Å². The summed E-state index contributed by atoms with van der Waals surface area (Å²) in [5.74, 6) is 1.67. The minimum absolute atomic E-state index is 0.00180. The summed E-state index contributed by atoms with van der Waals surface area (Å²) in [6.45, 7) is 2.68. The van der Waals surface area contributed by atoms with Gasteiger partial charge in [0.1, 0.15) is 5.82 Å². The fourth-order valence-corrected chi connectivity index (χ4v) is 4.50. The highest BCUT2D eigenvalue weighted by molar-refractivity contribution is 5.80. The number of hydrogen-bond donors (Lipinski definition) is 0. The molecule has 25 heavy (non-hydrogen) atoms. The SMILES string of the molecule is CCN(C)C(=O)[C@H]1[C@H]2CC[C@H](C2)[C@@H]1c1nc(-c2ccc(F)cc2)no1. The molecule has 5 nitrogen and oxygen atoms in total. The lowest BCUT2D eigenvalue weighted by Crippen LogP contribution is -2.38. The Balaban J connectivity index is 1.64. The van der Waals surface area contributed by atoms with Gasteiger partial charge in [-0.25, -0.2) is 4.39 Å². The topological polar surface area (TPSA) is 59.2 Å². The molecule has 1 aromatic heterocycles. The van der Waals surface area contributed by atoms with E-state index in [9.17, 15) is 9.18 Å². The summed E-state index contributed by atoms with van der Waals surface area (Å²) in [6, 6.07) is 6.04. The van der Waals surface area contributed by atoms with Gasteiger partial charge >= 0.3 is 0 Å². The number of amides is 1. The average molecular weight is 343 g/mol. The lowest BCUT2D eigenvalue weighted by Gasteiger charge is -2.30. The Morgan fingerprint density at radius 2 is 2.00 bits per heavy atom. The second-order valence-electron chi connectivity index (χ2n) is 7.20. The van der Waals surface area contributed by atoms with Crippen LogP contribution in [0.2, 0.25) is 0 Å². The van der Waals surface area contributed by atoms with Crippen LogP contribution in [0.4, 0.5) is 4.39 Å². The summed E-state index contributed by atoms with van der Waals surface area (Å²) in [4.78, 5) is 19.2. The first-order chi connectivity index (χ1) is 12.1. The molecule has 2 aromatic rings. The van der Waals surface area contributed by atoms with Crippen LogP contribution in [0.1, 0.15) is 38.0 Å². The number of nitrogens with zero attached hydrogens (tertiary/aromatic N) is 3. The Kier molecular flexibility index (Phi) is 4.06. The molecule has 0 radical (unpaired) electrons. The van der Waals surface area contributed by atoms with Crippen molar-refractivity contribution < 1.29 is 13.7 Å². The molecule has 6 heteroatoms. The quantitative estimate of drug-likeness (QED) is 0.853. The molecular weight excluding hydrogens is 321 g/mol. The van der Waals surface area contributed by atoms with E-state index in [1.165, 1.54) is 12.1 Å². The van der Waals surface area contributed by atoms with E-state index in [1.54, 1.807) is 17.0 Å². The standard InChI is InChI=1S/C19H22FN3O2/c1-3-23(2)19(24)16-13-5-4-12(10-13)15(16)18-21-17(22-25-18)11-6-8-14(20)9-7-11/h6-9,12-13,15-16H,3-5,10H2,1-2H3/t12-,13+,15+,16+/m1/s1. The molecule has 4 rings (SSSR count). The monoisotopic (exact) mass is 343 g/mol. The molecule has 2 fully saturated rings. The highest BCUT2D eigenvalue weighted by atomic mass is 19.1. The molecule has 0 N–H and O–H groups in total. The molecule has 1 amide bonds. The van der Waals surface area contributed by atoms with Crippen LogP contribution in [0.5, 0.6) is 0 Å². The molecule has 1 aromatic carbocycles. The number of rotatable bonds is 4. The van der Waals surface area contributed by atoms with Crippen molar-refractivity contribution in [3.05, 3.63) is 36.0 Å². The molecule has 2 saturated carbocycles. The first-order valence-electron chi connectivity index (χ1n) is 8.93. The lowest BCUT2D eigenvalue weighted by molar-refractivity contribution is -0.136. The van der Waals surface area contributed by atoms with Crippen LogP contribution in [0.25, 0.3) is 11.4 Å². The van der Waals surface area contributed by atoms with E-state index in [1.807, 2.05) is 14.0 Å². The Bertz CT molecular complexity index is 773. The molecule has 0 spiro atoms. The molecule has 1 heterocycles. The summed E-state index contributed by atoms with van der Waals surface area (Å²) < 4.78 is 18.7. The highest BCUT2D eigenvalue weighted by Gasteiger charge is 2.54. The number of aromatic nitrogens is 2. The fraction of sp³-hybridized carbons (Fsp3) is 0.526. The van der Waals surface area contributed by atoms with Crippen molar-refractivity contribution in [2.45, 2.75) is 32.1 Å². The summed E-state index contributed by atoms with van der Waals surface area (Å²) in [5.41, 5.74) is 0.716. The van der Waals surface area contributed by atoms with Gasteiger partial charge in [-0.15, -0.1) is 0 Å². The largest absolute Gasteiger partial charge is 0.346 e. The van der Waals surface area contributed by atoms with Gasteiger partial charge in [-0.05, 0) is 62.3 Å². The smallest absolute Gasteiger partial charge is 0.231 e. The van der Waals surface area contributed by atoms with Gasteiger partial charge in [0, 0.05) is 19.2 Å². The van der Waals surface area contributed by atoms with Gasteiger partial charge in [0.25, 0.3) is 0 Å². The number of carbonyl (C=O) groups is 1. The first kappa shape index (κ1) is 16.2. The number of carbonyl (C=O) groups excluding carboxylic acids is 1. The van der Waals surface area contributed by atoms with E-state index < -0.39 is 0 Å². The van der Waals surface area contributed by atoms with Crippen molar-refractivity contribution in [3.8, 4) is 11.4 Å². The zero-order valence-electron chi connectivity index (χ0n) is 14.5. The third-order valence-corrected chi connectivity index (χ3v) is 5.88. The third-order valence-electron chi connectivity index (χ3n) is 5.88. The minimum atomic E-state index is -0.297. The van der Waals surface area contributed by atoms with E-state index in [0.717, 1.165) is 19.3 Å². The number of fused-ring (bicyclic) bond motifs is 2. The molecule has 2 bridgehead atoms. The van der Waals surface area contributed by atoms with E-state index in [2.05, 4.69) is 10.1 Å². The zero-order chi connectivity index (χ0) is 17.6. The molecule has 0 aliphatic heterocycles. The van der Waals surface area contributed by atoms with Crippen molar-refractivity contribution >= 4 is 5.91 Å². The summed E-state index contributed by atoms with van der Waals surface area (Å²) in [6.07, 6.45) is 3.28. The highest BCUT2D eigenvalue weighted by Crippen LogP contribution is 2.56. The van der Waals surface area contributed by atoms with Crippen molar-refractivity contribution in [3.63, 3.8) is 0 Å². The zero-order valence-corrected chi connectivity index (χ0v) is 14.5. The fourth-order valence-electron chi connectivity index (χ4n) is 4.50. The Labute approximate surface area is 146 Å². The van der Waals surface area contributed by atoms with E-state index in [-0.39, 0.29) is 23.6 Å². The third kappa shape index (κ3) is 2.73. The number of benzene rings is 1. The Morgan fingerprint density at radius 3 is 2.72 bits per heavy atom. The van der Waals surface area contributed by atoms with Crippen LogP contribution in [-0.4, -0.2) is 34.5 Å². The molecular formula is C19H22FN3O2. The van der Waals surface area contributed by atoms with E-state index >= 15 is 0 Å². The molecule has 4 atom stereocenters. The van der Waals surface area contributed by atoms with Crippen LogP contribution in [0.3, 0.4) is 0 Å². The maximum absolute atomic E-state index is 13.1. The van der Waals surface area contributed by atoms with Gasteiger partial charge in [-0.1, -0.05) is 5.16 Å². The van der Waals surface area contributed by atoms with Crippen LogP contribution < -0.4 is 0 Å². The maximum Gasteiger partial charge on any atom is 0.231 e. The van der Waals surface area contributed by atoms with Crippen LogP contribution in [0, 0.1) is 23.6 Å². The van der Waals surface area contributed by atoms with Gasteiger partial charge in [-0.3, -0.25) is 4.79 Å². The van der Waals surface area contributed by atoms with Crippen LogP contribution in [0.15, 0.2) is 28.8 Å². The predicted molar refractivity (Wildman–Crippen MR) is 90.1 cm³/mol. The van der Waals surface area contributed by atoms with Crippen molar-refractivity contribution in [2.24, 2.45) is 17.8 Å². The van der Waals surface area contributed by atoms with Gasteiger partial charge < -0.3 is 9.42 Å². The molecule has 132 valence electrons. The summed E-state index contributed by atoms with van der Waals surface area (Å²) >= 11 is 0. The predicted octanol–water partition coefficient (Wildman–Crippen LogP) is 3.48. The molecule has 0 saturated heterocycles.